The maximum atomic E-state index is 15.0. The van der Waals surface area contributed by atoms with Gasteiger partial charge in [0, 0.05) is 30.3 Å². The molecule has 0 radical (unpaired) electrons. The maximum absolute atomic E-state index is 15.0. The van der Waals surface area contributed by atoms with Gasteiger partial charge in [-0.25, -0.2) is 22.1 Å². The first-order valence-electron chi connectivity index (χ1n) is 16.5. The summed E-state index contributed by atoms with van der Waals surface area (Å²) in [5, 5.41) is 0. The van der Waals surface area contributed by atoms with E-state index in [-0.39, 0.29) is 56.3 Å². The summed E-state index contributed by atoms with van der Waals surface area (Å²) >= 11 is 0. The van der Waals surface area contributed by atoms with E-state index in [1.165, 1.54) is 24.3 Å². The monoisotopic (exact) mass is 708 g/mol. The lowest BCUT2D eigenvalue weighted by atomic mass is 10.0. The first kappa shape index (κ1) is 35.6. The van der Waals surface area contributed by atoms with Crippen LogP contribution >= 0.6 is 0 Å². The molecule has 1 atom stereocenters. The van der Waals surface area contributed by atoms with Crippen molar-refractivity contribution in [3.05, 3.63) is 113 Å². The molecule has 1 unspecified atom stereocenters. The van der Waals surface area contributed by atoms with Gasteiger partial charge in [-0.05, 0) is 85.8 Å². The number of rotatable bonds is 13. The number of halogens is 2. The lowest BCUT2D eigenvalue weighted by Crippen LogP contribution is -2.60. The third-order valence-electron chi connectivity index (χ3n) is 9.11. The number of hydrogen-bond donors (Lipinski definition) is 1. The number of sulfone groups is 1. The molecule has 0 aromatic heterocycles. The Bertz CT molecular complexity index is 1940. The van der Waals surface area contributed by atoms with E-state index >= 15 is 8.42 Å². The predicted octanol–water partition coefficient (Wildman–Crippen LogP) is 6.75. The molecule has 1 saturated heterocycles. The van der Waals surface area contributed by atoms with E-state index < -0.39 is 26.3 Å². The van der Waals surface area contributed by atoms with Gasteiger partial charge in [-0.3, -0.25) is 0 Å². The maximum Gasteiger partial charge on any atom is 0.231 e. The first-order chi connectivity index (χ1) is 23.8. The van der Waals surface area contributed by atoms with Crippen LogP contribution in [0.5, 0.6) is 23.0 Å². The van der Waals surface area contributed by atoms with E-state index in [2.05, 4.69) is 0 Å². The van der Waals surface area contributed by atoms with Crippen molar-refractivity contribution in [2.75, 3.05) is 20.1 Å². The van der Waals surface area contributed by atoms with Crippen molar-refractivity contribution in [3.8, 4) is 23.0 Å². The van der Waals surface area contributed by atoms with Crippen molar-refractivity contribution in [3.63, 3.8) is 0 Å². The Labute approximate surface area is 291 Å². The Balaban J connectivity index is 1.25. The molecule has 4 aromatic rings. The molecule has 0 aliphatic carbocycles. The fourth-order valence-electron chi connectivity index (χ4n) is 6.56. The van der Waals surface area contributed by atoms with Gasteiger partial charge < -0.3 is 29.4 Å². The minimum Gasteiger partial charge on any atom is -0.489 e. The van der Waals surface area contributed by atoms with Crippen LogP contribution in [0, 0.1) is 17.6 Å². The smallest absolute Gasteiger partial charge is 0.231 e. The molecule has 12 heteroatoms. The number of hydrogen-bond acceptors (Lipinski definition) is 9. The topological polar surface area (TPSA) is 110 Å². The highest BCUT2D eigenvalue weighted by Gasteiger charge is 2.60. The van der Waals surface area contributed by atoms with Gasteiger partial charge in [0.15, 0.2) is 16.4 Å². The molecule has 2 heterocycles. The minimum atomic E-state index is -4.13. The summed E-state index contributed by atoms with van der Waals surface area (Å²) in [5.41, 5.74) is 8.01. The molecule has 2 aliphatic rings. The van der Waals surface area contributed by atoms with Crippen LogP contribution in [0.2, 0.25) is 0 Å². The third kappa shape index (κ3) is 7.02. The van der Waals surface area contributed by atoms with E-state index in [1.54, 1.807) is 47.4 Å². The average Bonchev–Trinajstić information content (AvgIpc) is 3.67. The Morgan fingerprint density at radius 1 is 0.880 bits per heavy atom. The molecule has 0 spiro atoms. The Hall–Kier alpha value is -4.23. The molecule has 0 saturated carbocycles. The Morgan fingerprint density at radius 3 is 2.28 bits per heavy atom. The van der Waals surface area contributed by atoms with E-state index in [9.17, 15) is 8.78 Å². The Kier molecular flexibility index (Phi) is 10.1. The summed E-state index contributed by atoms with van der Waals surface area (Å²) in [6, 6.07) is 20.5. The molecule has 266 valence electrons. The van der Waals surface area contributed by atoms with E-state index in [1.807, 2.05) is 39.8 Å². The molecular weight excluding hydrogens is 666 g/mol. The second kappa shape index (κ2) is 14.2. The average molecular weight is 709 g/mol. The zero-order valence-corrected chi connectivity index (χ0v) is 29.4. The van der Waals surface area contributed by atoms with E-state index in [0.29, 0.717) is 40.5 Å². The fourth-order valence-corrected chi connectivity index (χ4v) is 8.88. The van der Waals surface area contributed by atoms with Crippen molar-refractivity contribution < 1.29 is 40.9 Å². The van der Waals surface area contributed by atoms with Crippen LogP contribution in [0.25, 0.3) is 0 Å². The van der Waals surface area contributed by atoms with Crippen molar-refractivity contribution in [1.82, 2.24) is 4.90 Å². The number of nitrogens with zero attached hydrogens (tertiary/aromatic N) is 1. The van der Waals surface area contributed by atoms with Crippen LogP contribution < -0.4 is 24.7 Å². The summed E-state index contributed by atoms with van der Waals surface area (Å²) in [6.07, 6.45) is 0.564. The van der Waals surface area contributed by atoms with E-state index in [0.717, 1.165) is 11.1 Å². The largest absolute Gasteiger partial charge is 0.489 e. The van der Waals surface area contributed by atoms with Crippen LogP contribution in [-0.4, -0.2) is 44.0 Å². The minimum absolute atomic E-state index is 0.0278. The van der Waals surface area contributed by atoms with Gasteiger partial charge in [0.25, 0.3) is 0 Å². The summed E-state index contributed by atoms with van der Waals surface area (Å²) in [5.74, 6) is 1.15. The molecule has 0 bridgehead atoms. The van der Waals surface area contributed by atoms with Crippen molar-refractivity contribution >= 4 is 9.84 Å². The first-order valence-corrected chi connectivity index (χ1v) is 18.0. The second-order valence-corrected chi connectivity index (χ2v) is 15.7. The molecule has 6 rings (SSSR count). The van der Waals surface area contributed by atoms with Crippen LogP contribution in [0.3, 0.4) is 0 Å². The van der Waals surface area contributed by atoms with Gasteiger partial charge in [-0.1, -0.05) is 38.1 Å². The lowest BCUT2D eigenvalue weighted by molar-refractivity contribution is -0.0544. The molecule has 0 amide bonds. The molecule has 2 aliphatic heterocycles. The van der Waals surface area contributed by atoms with Gasteiger partial charge >= 0.3 is 0 Å². The number of ether oxygens (including phenoxy) is 5. The molecule has 9 nitrogen and oxygen atoms in total. The Morgan fingerprint density at radius 2 is 1.58 bits per heavy atom. The van der Waals surface area contributed by atoms with Gasteiger partial charge in [-0.2, -0.15) is 0 Å². The van der Waals surface area contributed by atoms with Crippen LogP contribution in [0.15, 0.2) is 83.8 Å². The number of nitrogens with two attached hydrogens (primary N) is 1. The van der Waals surface area contributed by atoms with Gasteiger partial charge in [0.2, 0.25) is 16.6 Å². The summed E-state index contributed by atoms with van der Waals surface area (Å²) in [7, 11) is -4.13. The zero-order valence-electron chi connectivity index (χ0n) is 28.6. The molecular formula is C38H42F2N2O7S. The standard InChI is InChI=1S/C38H42F2N2O7S/c1-25(2)17-32-35(16-15-33-36(32)48-24-47-33)50(43,44)38(22-49-37(3,4)42(38)23-41)19-26-7-13-31(14-8-26)45-21-28-9-12-30(40)18-34(28)46-20-27-5-10-29(39)11-6-27/h5-16,18,25H,17,19-24,41H2,1-4H3. The summed E-state index contributed by atoms with van der Waals surface area (Å²) in [6.45, 7) is 7.77. The van der Waals surface area contributed by atoms with Crippen LogP contribution in [0.4, 0.5) is 8.78 Å². The summed E-state index contributed by atoms with van der Waals surface area (Å²) in [4.78, 5) is 0.357. The second-order valence-electron chi connectivity index (χ2n) is 13.4. The fraction of sp³-hybridized carbons (Fsp3) is 0.368. The molecule has 2 N–H and O–H groups in total. The van der Waals surface area contributed by atoms with Crippen molar-refractivity contribution in [1.29, 1.82) is 0 Å². The highest BCUT2D eigenvalue weighted by molar-refractivity contribution is 7.92. The van der Waals surface area contributed by atoms with Gasteiger partial charge in [0.05, 0.1) is 11.5 Å². The quantitative estimate of drug-likeness (QED) is 0.161. The zero-order chi connectivity index (χ0) is 35.7. The molecule has 50 heavy (non-hydrogen) atoms. The predicted molar refractivity (Wildman–Crippen MR) is 184 cm³/mol. The molecule has 1 fully saturated rings. The van der Waals surface area contributed by atoms with Crippen LogP contribution in [0.1, 0.15) is 49.9 Å². The highest BCUT2D eigenvalue weighted by atomic mass is 32.2. The van der Waals surface area contributed by atoms with Gasteiger partial charge in [-0.15, -0.1) is 0 Å². The number of fused-ring (bicyclic) bond motifs is 1. The van der Waals surface area contributed by atoms with Crippen LogP contribution in [-0.2, 0) is 40.6 Å². The highest BCUT2D eigenvalue weighted by Crippen LogP contribution is 2.47. The van der Waals surface area contributed by atoms with Crippen molar-refractivity contribution in [2.24, 2.45) is 11.7 Å². The van der Waals surface area contributed by atoms with E-state index in [4.69, 9.17) is 29.4 Å². The van der Waals surface area contributed by atoms with Gasteiger partial charge in [0.1, 0.15) is 42.1 Å². The summed E-state index contributed by atoms with van der Waals surface area (Å²) < 4.78 is 86.9. The third-order valence-corrected chi connectivity index (χ3v) is 11.6. The SMILES string of the molecule is CC(C)Cc1c(S(=O)(=O)C2(Cc3ccc(OCc4ccc(F)cc4OCc4ccc(F)cc4)cc3)COC(C)(C)N2CN)ccc2c1OCO2. The normalized spacial score (nSPS) is 18.5. The van der Waals surface area contributed by atoms with Crippen molar-refractivity contribution in [2.45, 2.75) is 69.2 Å². The molecule has 4 aromatic carbocycles. The number of benzene rings is 4. The lowest BCUT2D eigenvalue weighted by Gasteiger charge is -2.41.